The molecule has 0 saturated carbocycles. The molecule has 0 bridgehead atoms. The number of aromatic nitrogens is 4. The number of hydrogen-bond acceptors (Lipinski definition) is 2. The van der Waals surface area contributed by atoms with Crippen LogP contribution in [0, 0.1) is 0 Å². The Labute approximate surface area is 310 Å². The van der Waals surface area contributed by atoms with Crippen LogP contribution in [0.1, 0.15) is 0 Å². The van der Waals surface area contributed by atoms with Crippen molar-refractivity contribution < 1.29 is 0 Å². The fourth-order valence-electron chi connectivity index (χ4n) is 8.91. The van der Waals surface area contributed by atoms with Crippen molar-refractivity contribution in [2.75, 3.05) is 0 Å². The molecule has 1 aliphatic carbocycles. The maximum absolute atomic E-state index is 5.36. The summed E-state index contributed by atoms with van der Waals surface area (Å²) in [4.78, 5) is 10.0. The Morgan fingerprint density at radius 3 is 1.78 bits per heavy atom. The molecular weight excluding hydrogens is 657 g/mol. The molecule has 4 aromatic heterocycles. The first-order valence-electron chi connectivity index (χ1n) is 18.4. The highest BCUT2D eigenvalue weighted by Gasteiger charge is 2.24. The SMILES string of the molecule is c1ccc(-c2cccc(-n3c4ccccc4c4cc(-c5ccc6c(c5)c5ccccc5n6-c5ccc6c(n5)-c5cccc7nccc-6c57)ccc43)c2)cc1. The van der Waals surface area contributed by atoms with Gasteiger partial charge in [0.15, 0.2) is 0 Å². The molecule has 4 heterocycles. The number of hydrogen-bond donors (Lipinski definition) is 0. The second kappa shape index (κ2) is 11.1. The van der Waals surface area contributed by atoms with Gasteiger partial charge in [-0.15, -0.1) is 0 Å². The lowest BCUT2D eigenvalue weighted by molar-refractivity contribution is 1.09. The predicted molar refractivity (Wildman–Crippen MR) is 224 cm³/mol. The van der Waals surface area contributed by atoms with Gasteiger partial charge in [-0.3, -0.25) is 9.55 Å². The highest BCUT2D eigenvalue weighted by Crippen LogP contribution is 2.46. The molecule has 0 fully saturated rings. The lowest BCUT2D eigenvalue weighted by Crippen LogP contribution is -1.98. The van der Waals surface area contributed by atoms with E-state index >= 15 is 0 Å². The third kappa shape index (κ3) is 4.13. The minimum absolute atomic E-state index is 0.913. The van der Waals surface area contributed by atoms with Crippen LogP contribution in [-0.4, -0.2) is 19.1 Å². The Hall–Kier alpha value is -7.30. The number of para-hydroxylation sites is 2. The zero-order valence-electron chi connectivity index (χ0n) is 29.1. The first kappa shape index (κ1) is 29.3. The van der Waals surface area contributed by atoms with Gasteiger partial charge in [0.05, 0.1) is 33.3 Å². The molecule has 4 nitrogen and oxygen atoms in total. The topological polar surface area (TPSA) is 35.6 Å². The quantitative estimate of drug-likeness (QED) is 0.185. The standard InChI is InChI=1S/C50H30N4/c1-2-10-31(11-3-1)32-12-8-13-35(28-32)53-44-18-6-4-14-36(44)41-29-33(20-23-46(41)53)34-21-24-47-42(30-34)37-15-5-7-19-45(37)54(47)48-25-22-39-38-26-27-51-43-17-9-16-40(49(38)43)50(39)52-48/h1-30H. The van der Waals surface area contributed by atoms with Crippen molar-refractivity contribution in [3.05, 3.63) is 182 Å². The van der Waals surface area contributed by atoms with Crippen molar-refractivity contribution >= 4 is 54.5 Å². The van der Waals surface area contributed by atoms with Crippen molar-refractivity contribution in [2.45, 2.75) is 0 Å². The van der Waals surface area contributed by atoms with E-state index in [2.05, 4.69) is 190 Å². The molecule has 0 radical (unpaired) electrons. The van der Waals surface area contributed by atoms with E-state index in [-0.39, 0.29) is 0 Å². The van der Waals surface area contributed by atoms with Crippen LogP contribution in [0.25, 0.3) is 111 Å². The molecule has 0 saturated heterocycles. The van der Waals surface area contributed by atoms with Crippen molar-refractivity contribution in [1.29, 1.82) is 0 Å². The van der Waals surface area contributed by atoms with Crippen LogP contribution in [0.15, 0.2) is 182 Å². The van der Waals surface area contributed by atoms with Gasteiger partial charge in [0.2, 0.25) is 0 Å². The molecular formula is C50H30N4. The predicted octanol–water partition coefficient (Wildman–Crippen LogP) is 12.8. The Kier molecular flexibility index (Phi) is 6.02. The normalized spacial score (nSPS) is 12.1. The van der Waals surface area contributed by atoms with Crippen molar-refractivity contribution in [2.24, 2.45) is 0 Å². The molecule has 250 valence electrons. The number of rotatable bonds is 4. The van der Waals surface area contributed by atoms with Crippen LogP contribution >= 0.6 is 0 Å². The Morgan fingerprint density at radius 2 is 1.00 bits per heavy atom. The number of benzene rings is 7. The average molecular weight is 687 g/mol. The van der Waals surface area contributed by atoms with Gasteiger partial charge in [-0.1, -0.05) is 103 Å². The summed E-state index contributed by atoms with van der Waals surface area (Å²) in [6.07, 6.45) is 1.90. The van der Waals surface area contributed by atoms with Gasteiger partial charge in [0, 0.05) is 49.9 Å². The minimum atomic E-state index is 0.913. The van der Waals surface area contributed by atoms with Crippen LogP contribution in [0.5, 0.6) is 0 Å². The second-order valence-electron chi connectivity index (χ2n) is 14.2. The van der Waals surface area contributed by atoms with E-state index in [1.807, 2.05) is 6.20 Å². The van der Waals surface area contributed by atoms with Crippen molar-refractivity contribution in [3.8, 4) is 56.1 Å². The van der Waals surface area contributed by atoms with Crippen LogP contribution in [0.3, 0.4) is 0 Å². The zero-order chi connectivity index (χ0) is 35.3. The zero-order valence-corrected chi connectivity index (χ0v) is 29.1. The smallest absolute Gasteiger partial charge is 0.138 e. The van der Waals surface area contributed by atoms with Gasteiger partial charge in [0.1, 0.15) is 5.82 Å². The third-order valence-electron chi connectivity index (χ3n) is 11.3. The summed E-state index contributed by atoms with van der Waals surface area (Å²) in [5.41, 5.74) is 16.2. The monoisotopic (exact) mass is 686 g/mol. The van der Waals surface area contributed by atoms with Crippen LogP contribution < -0.4 is 0 Å². The Balaban J connectivity index is 1.01. The molecule has 0 atom stereocenters. The number of fused-ring (bicyclic) bond motifs is 9. The van der Waals surface area contributed by atoms with Gasteiger partial charge in [-0.25, -0.2) is 4.98 Å². The van der Waals surface area contributed by atoms with Crippen LogP contribution in [-0.2, 0) is 0 Å². The largest absolute Gasteiger partial charge is 0.309 e. The summed E-state index contributed by atoms with van der Waals surface area (Å²) in [5.74, 6) is 0.913. The summed E-state index contributed by atoms with van der Waals surface area (Å²) < 4.78 is 4.72. The van der Waals surface area contributed by atoms with E-state index in [1.165, 1.54) is 65.8 Å². The Bertz CT molecular complexity index is 3330. The summed E-state index contributed by atoms with van der Waals surface area (Å²) in [6.45, 7) is 0. The maximum atomic E-state index is 5.36. The fraction of sp³-hybridized carbons (Fsp3) is 0. The molecule has 0 spiro atoms. The second-order valence-corrected chi connectivity index (χ2v) is 14.2. The molecule has 4 heteroatoms. The van der Waals surface area contributed by atoms with Gasteiger partial charge in [-0.2, -0.15) is 0 Å². The summed E-state index contributed by atoms with van der Waals surface area (Å²) in [6, 6.07) is 63.5. The summed E-state index contributed by atoms with van der Waals surface area (Å²) >= 11 is 0. The van der Waals surface area contributed by atoms with E-state index in [0.29, 0.717) is 0 Å². The third-order valence-corrected chi connectivity index (χ3v) is 11.3. The molecule has 0 amide bonds. The lowest BCUT2D eigenvalue weighted by Gasteiger charge is -2.11. The van der Waals surface area contributed by atoms with E-state index in [0.717, 1.165) is 44.9 Å². The van der Waals surface area contributed by atoms with Gasteiger partial charge in [0.25, 0.3) is 0 Å². The van der Waals surface area contributed by atoms with Crippen molar-refractivity contribution in [1.82, 2.24) is 19.1 Å². The van der Waals surface area contributed by atoms with Crippen LogP contribution in [0.2, 0.25) is 0 Å². The fourth-order valence-corrected chi connectivity index (χ4v) is 8.91. The summed E-state index contributed by atoms with van der Waals surface area (Å²) in [5, 5.41) is 6.09. The molecule has 1 aliphatic rings. The molecule has 0 aliphatic heterocycles. The Morgan fingerprint density at radius 1 is 0.370 bits per heavy atom. The lowest BCUT2D eigenvalue weighted by atomic mass is 10.0. The maximum Gasteiger partial charge on any atom is 0.138 e. The van der Waals surface area contributed by atoms with Gasteiger partial charge in [-0.05, 0) is 101 Å². The number of pyridine rings is 2. The molecule has 0 N–H and O–H groups in total. The summed E-state index contributed by atoms with van der Waals surface area (Å²) in [7, 11) is 0. The van der Waals surface area contributed by atoms with E-state index in [1.54, 1.807) is 0 Å². The van der Waals surface area contributed by atoms with Gasteiger partial charge < -0.3 is 4.57 Å². The van der Waals surface area contributed by atoms with Gasteiger partial charge >= 0.3 is 0 Å². The minimum Gasteiger partial charge on any atom is -0.309 e. The average Bonchev–Trinajstić information content (AvgIpc) is 3.87. The molecule has 54 heavy (non-hydrogen) atoms. The van der Waals surface area contributed by atoms with E-state index in [9.17, 15) is 0 Å². The first-order valence-corrected chi connectivity index (χ1v) is 18.4. The molecule has 11 aromatic rings. The highest BCUT2D eigenvalue weighted by molar-refractivity contribution is 6.15. The highest BCUT2D eigenvalue weighted by atomic mass is 15.1. The molecule has 12 rings (SSSR count). The van der Waals surface area contributed by atoms with E-state index < -0.39 is 0 Å². The molecule has 7 aromatic carbocycles. The number of nitrogens with zero attached hydrogens (tertiary/aromatic N) is 4. The molecule has 0 unspecified atom stereocenters. The van der Waals surface area contributed by atoms with Crippen LogP contribution in [0.4, 0.5) is 0 Å². The van der Waals surface area contributed by atoms with Crippen molar-refractivity contribution in [3.63, 3.8) is 0 Å². The first-order chi connectivity index (χ1) is 26.8. The van der Waals surface area contributed by atoms with E-state index in [4.69, 9.17) is 4.98 Å².